The molecule has 0 N–H and O–H groups in total. The minimum absolute atomic E-state index is 0.421. The van der Waals surface area contributed by atoms with E-state index in [0.29, 0.717) is 5.69 Å². The van der Waals surface area contributed by atoms with Gasteiger partial charge in [-0.25, -0.2) is 0 Å². The summed E-state index contributed by atoms with van der Waals surface area (Å²) in [7, 11) is 1.98. The molecule has 188 valence electrons. The van der Waals surface area contributed by atoms with Crippen LogP contribution in [0.2, 0.25) is 0 Å². The molecule has 39 heavy (non-hydrogen) atoms. The monoisotopic (exact) mass is 505 g/mol. The zero-order valence-corrected chi connectivity index (χ0v) is 21.6. The Labute approximate surface area is 228 Å². The van der Waals surface area contributed by atoms with Gasteiger partial charge in [-0.05, 0) is 93.8 Å². The van der Waals surface area contributed by atoms with Crippen molar-refractivity contribution in [2.45, 2.75) is 0 Å². The number of hydrogen-bond acceptors (Lipinski definition) is 4. The van der Waals surface area contributed by atoms with Gasteiger partial charge in [0.25, 0.3) is 0 Å². The molecule has 0 saturated heterocycles. The van der Waals surface area contributed by atoms with Crippen LogP contribution in [-0.4, -0.2) is 7.05 Å². The lowest BCUT2D eigenvalue weighted by atomic mass is 10.0. The number of nitrogens with zero attached hydrogens (tertiary/aromatic N) is 3. The first-order valence-electron chi connectivity index (χ1n) is 12.9. The Hall–Kier alpha value is -5.22. The molecule has 0 aliphatic rings. The molecule has 6 aromatic carbocycles. The van der Waals surface area contributed by atoms with E-state index in [1.54, 1.807) is 12.1 Å². The molecule has 0 fully saturated rings. The zero-order chi connectivity index (χ0) is 26.6. The third kappa shape index (κ3) is 5.00. The van der Waals surface area contributed by atoms with E-state index in [2.05, 4.69) is 125 Å². The van der Waals surface area contributed by atoms with Crippen molar-refractivity contribution in [2.24, 2.45) is 5.18 Å². The van der Waals surface area contributed by atoms with E-state index in [1.807, 2.05) is 30.1 Å². The van der Waals surface area contributed by atoms with Gasteiger partial charge < -0.3 is 9.80 Å². The van der Waals surface area contributed by atoms with Gasteiger partial charge in [0, 0.05) is 35.5 Å². The average Bonchev–Trinajstić information content (AvgIpc) is 3.02. The number of anilines is 5. The molecule has 4 heteroatoms. The van der Waals surface area contributed by atoms with Gasteiger partial charge in [-0.3, -0.25) is 0 Å². The maximum absolute atomic E-state index is 10.9. The van der Waals surface area contributed by atoms with Crippen LogP contribution in [0.15, 0.2) is 151 Å². The van der Waals surface area contributed by atoms with E-state index in [9.17, 15) is 4.91 Å². The highest BCUT2D eigenvalue weighted by Crippen LogP contribution is 2.37. The molecule has 0 aliphatic heterocycles. The molecule has 0 atom stereocenters. The van der Waals surface area contributed by atoms with Crippen LogP contribution in [0, 0.1) is 4.91 Å². The van der Waals surface area contributed by atoms with Crippen molar-refractivity contribution < 1.29 is 0 Å². The topological polar surface area (TPSA) is 35.9 Å². The second kappa shape index (κ2) is 10.6. The van der Waals surface area contributed by atoms with Crippen LogP contribution in [0.25, 0.3) is 21.9 Å². The highest BCUT2D eigenvalue weighted by Gasteiger charge is 2.13. The Morgan fingerprint density at radius 3 is 1.72 bits per heavy atom. The standard InChI is InChI=1S/C35H27N3O/c1-37(34-13-7-10-30(25-34)36-39)31-19-14-27(15-20-31)28-16-21-33(22-17-28)38(32-11-3-2-4-12-32)35-23-18-26-8-5-6-9-29(26)24-35/h2-25H,1H3. The summed E-state index contributed by atoms with van der Waals surface area (Å²) in [6, 6.07) is 49.9. The van der Waals surface area contributed by atoms with Crippen molar-refractivity contribution >= 4 is 44.9 Å². The summed E-state index contributed by atoms with van der Waals surface area (Å²) in [4.78, 5) is 15.3. The second-order valence-electron chi connectivity index (χ2n) is 9.47. The van der Waals surface area contributed by atoms with E-state index in [0.717, 1.165) is 39.6 Å². The first kappa shape index (κ1) is 24.1. The number of benzene rings is 6. The Kier molecular flexibility index (Phi) is 6.59. The fourth-order valence-corrected chi connectivity index (χ4v) is 4.93. The summed E-state index contributed by atoms with van der Waals surface area (Å²) in [6.45, 7) is 0. The summed E-state index contributed by atoms with van der Waals surface area (Å²) in [6.07, 6.45) is 0. The van der Waals surface area contributed by atoms with Gasteiger partial charge in [0.1, 0.15) is 5.69 Å². The Balaban J connectivity index is 1.29. The van der Waals surface area contributed by atoms with Crippen molar-refractivity contribution in [3.05, 3.63) is 150 Å². The minimum atomic E-state index is 0.421. The highest BCUT2D eigenvalue weighted by molar-refractivity contribution is 5.89. The molecule has 0 heterocycles. The lowest BCUT2D eigenvalue weighted by Crippen LogP contribution is -2.09. The summed E-state index contributed by atoms with van der Waals surface area (Å²) in [5, 5.41) is 5.50. The van der Waals surface area contributed by atoms with Crippen molar-refractivity contribution in [3.8, 4) is 11.1 Å². The van der Waals surface area contributed by atoms with E-state index in [1.165, 1.54) is 10.8 Å². The largest absolute Gasteiger partial charge is 0.345 e. The van der Waals surface area contributed by atoms with Crippen LogP contribution in [-0.2, 0) is 0 Å². The zero-order valence-electron chi connectivity index (χ0n) is 21.6. The third-order valence-corrected chi connectivity index (χ3v) is 7.04. The van der Waals surface area contributed by atoms with Gasteiger partial charge in [0.05, 0.1) is 0 Å². The molecule has 0 unspecified atom stereocenters. The predicted octanol–water partition coefficient (Wildman–Crippen LogP) is 10.1. The fraction of sp³-hybridized carbons (Fsp3) is 0.0286. The molecule has 0 aromatic heterocycles. The molecular weight excluding hydrogens is 478 g/mol. The van der Waals surface area contributed by atoms with Crippen molar-refractivity contribution in [3.63, 3.8) is 0 Å². The van der Waals surface area contributed by atoms with Gasteiger partial charge in [0.15, 0.2) is 0 Å². The summed E-state index contributed by atoms with van der Waals surface area (Å²) in [5.41, 5.74) is 7.98. The van der Waals surface area contributed by atoms with Gasteiger partial charge in [-0.2, -0.15) is 0 Å². The molecule has 0 amide bonds. The maximum Gasteiger partial charge on any atom is 0.110 e. The smallest absolute Gasteiger partial charge is 0.110 e. The molecule has 6 rings (SSSR count). The van der Waals surface area contributed by atoms with Crippen LogP contribution in [0.3, 0.4) is 0 Å². The van der Waals surface area contributed by atoms with Crippen LogP contribution in [0.5, 0.6) is 0 Å². The first-order chi connectivity index (χ1) is 19.2. The van der Waals surface area contributed by atoms with Crippen molar-refractivity contribution in [1.82, 2.24) is 0 Å². The van der Waals surface area contributed by atoms with Crippen LogP contribution < -0.4 is 9.80 Å². The average molecular weight is 506 g/mol. The second-order valence-corrected chi connectivity index (χ2v) is 9.47. The lowest BCUT2D eigenvalue weighted by molar-refractivity contribution is 1.21. The highest BCUT2D eigenvalue weighted by atomic mass is 16.3. The van der Waals surface area contributed by atoms with Gasteiger partial charge in [-0.1, -0.05) is 78.9 Å². The van der Waals surface area contributed by atoms with Gasteiger partial charge in [0.2, 0.25) is 0 Å². The number of fused-ring (bicyclic) bond motifs is 1. The SMILES string of the molecule is CN(c1ccc(-c2ccc(N(c3ccccc3)c3ccc4ccccc4c3)cc2)cc1)c1cccc(N=O)c1. The summed E-state index contributed by atoms with van der Waals surface area (Å²) < 4.78 is 0. The third-order valence-electron chi connectivity index (χ3n) is 7.04. The molecule has 4 nitrogen and oxygen atoms in total. The van der Waals surface area contributed by atoms with Crippen molar-refractivity contribution in [1.29, 1.82) is 0 Å². The molecular formula is C35H27N3O. The maximum atomic E-state index is 10.9. The fourth-order valence-electron chi connectivity index (χ4n) is 4.93. The Bertz CT molecular complexity index is 1730. The molecule has 0 aliphatic carbocycles. The van der Waals surface area contributed by atoms with Crippen LogP contribution in [0.1, 0.15) is 0 Å². The molecule has 0 spiro atoms. The normalized spacial score (nSPS) is 10.8. The number of para-hydroxylation sites is 1. The summed E-state index contributed by atoms with van der Waals surface area (Å²) >= 11 is 0. The van der Waals surface area contributed by atoms with Crippen molar-refractivity contribution in [2.75, 3.05) is 16.8 Å². The molecule has 0 saturated carbocycles. The minimum Gasteiger partial charge on any atom is -0.345 e. The van der Waals surface area contributed by atoms with E-state index >= 15 is 0 Å². The quantitative estimate of drug-likeness (QED) is 0.203. The molecule has 0 bridgehead atoms. The van der Waals surface area contributed by atoms with E-state index < -0.39 is 0 Å². The summed E-state index contributed by atoms with van der Waals surface area (Å²) in [5.74, 6) is 0. The molecule has 0 radical (unpaired) electrons. The van der Waals surface area contributed by atoms with E-state index in [-0.39, 0.29) is 0 Å². The number of rotatable bonds is 7. The van der Waals surface area contributed by atoms with E-state index in [4.69, 9.17) is 0 Å². The number of nitroso groups, excluding NO2 is 1. The Morgan fingerprint density at radius 1 is 0.462 bits per heavy atom. The van der Waals surface area contributed by atoms with Gasteiger partial charge in [-0.15, -0.1) is 4.91 Å². The Morgan fingerprint density at radius 2 is 1.03 bits per heavy atom. The number of hydrogen-bond donors (Lipinski definition) is 0. The predicted molar refractivity (Wildman–Crippen MR) is 164 cm³/mol. The molecule has 6 aromatic rings. The lowest BCUT2D eigenvalue weighted by Gasteiger charge is -2.26. The van der Waals surface area contributed by atoms with Crippen LogP contribution in [0.4, 0.5) is 34.1 Å². The first-order valence-corrected chi connectivity index (χ1v) is 12.9. The van der Waals surface area contributed by atoms with Crippen LogP contribution >= 0.6 is 0 Å². The van der Waals surface area contributed by atoms with Gasteiger partial charge >= 0.3 is 0 Å².